The molecule has 0 atom stereocenters. The highest BCUT2D eigenvalue weighted by Gasteiger charge is 2.31. The largest absolute Gasteiger partial charge is 0.401 e. The first-order valence-electron chi connectivity index (χ1n) is 6.78. The quantitative estimate of drug-likeness (QED) is 0.836. The van der Waals surface area contributed by atoms with Crippen LogP contribution in [0.25, 0.3) is 0 Å². The Balaban J connectivity index is 2.73. The van der Waals surface area contributed by atoms with Gasteiger partial charge in [-0.05, 0) is 32.5 Å². The van der Waals surface area contributed by atoms with Crippen LogP contribution in [-0.4, -0.2) is 35.2 Å². The molecule has 0 spiro atoms. The van der Waals surface area contributed by atoms with E-state index in [9.17, 15) is 13.2 Å². The van der Waals surface area contributed by atoms with Crippen LogP contribution in [0.15, 0.2) is 18.2 Å². The van der Waals surface area contributed by atoms with E-state index in [2.05, 4.69) is 10.3 Å². The zero-order valence-corrected chi connectivity index (χ0v) is 12.2. The Morgan fingerprint density at radius 1 is 1.25 bits per heavy atom. The second kappa shape index (κ2) is 7.59. The summed E-state index contributed by atoms with van der Waals surface area (Å²) in [5.41, 5.74) is 1.51. The van der Waals surface area contributed by atoms with Crippen LogP contribution in [0.1, 0.15) is 32.2 Å². The van der Waals surface area contributed by atoms with Crippen molar-refractivity contribution in [2.75, 3.05) is 13.1 Å². The van der Waals surface area contributed by atoms with Crippen LogP contribution in [0.2, 0.25) is 0 Å². The maximum atomic E-state index is 12.5. The Hall–Kier alpha value is -1.14. The van der Waals surface area contributed by atoms with Crippen molar-refractivity contribution in [1.82, 2.24) is 15.2 Å². The normalized spacial score (nSPS) is 12.4. The Bertz CT molecular complexity index is 405. The molecule has 1 aromatic rings. The molecule has 0 aromatic carbocycles. The summed E-state index contributed by atoms with van der Waals surface area (Å²) in [6.45, 7) is 6.26. The van der Waals surface area contributed by atoms with Gasteiger partial charge in [0, 0.05) is 19.1 Å². The maximum absolute atomic E-state index is 12.5. The average Bonchev–Trinajstić information content (AvgIpc) is 2.34. The topological polar surface area (TPSA) is 28.2 Å². The third-order valence-electron chi connectivity index (χ3n) is 2.90. The van der Waals surface area contributed by atoms with Crippen LogP contribution in [0, 0.1) is 0 Å². The molecule has 1 rings (SSSR count). The van der Waals surface area contributed by atoms with Gasteiger partial charge in [0.1, 0.15) is 0 Å². The SMILES string of the molecule is CCNCc1cccc(CN(CC(F)(F)F)C(C)C)n1. The highest BCUT2D eigenvalue weighted by atomic mass is 19.4. The van der Waals surface area contributed by atoms with Crippen molar-refractivity contribution in [2.24, 2.45) is 0 Å². The third kappa shape index (κ3) is 6.34. The monoisotopic (exact) mass is 289 g/mol. The highest BCUT2D eigenvalue weighted by molar-refractivity contribution is 5.11. The van der Waals surface area contributed by atoms with E-state index >= 15 is 0 Å². The average molecular weight is 289 g/mol. The minimum Gasteiger partial charge on any atom is -0.311 e. The van der Waals surface area contributed by atoms with Gasteiger partial charge >= 0.3 is 6.18 Å². The van der Waals surface area contributed by atoms with Crippen molar-refractivity contribution >= 4 is 0 Å². The molecule has 1 N–H and O–H groups in total. The standard InChI is InChI=1S/C14H22F3N3/c1-4-18-8-12-6-5-7-13(19-12)9-20(11(2)3)10-14(15,16)17/h5-7,11,18H,4,8-10H2,1-3H3. The fourth-order valence-electron chi connectivity index (χ4n) is 1.83. The summed E-state index contributed by atoms with van der Waals surface area (Å²) in [7, 11) is 0. The van der Waals surface area contributed by atoms with Gasteiger partial charge in [-0.3, -0.25) is 9.88 Å². The van der Waals surface area contributed by atoms with Crippen LogP contribution in [0.5, 0.6) is 0 Å². The number of alkyl halides is 3. The van der Waals surface area contributed by atoms with Crippen LogP contribution in [0.4, 0.5) is 13.2 Å². The lowest BCUT2D eigenvalue weighted by Crippen LogP contribution is -2.38. The first kappa shape index (κ1) is 16.9. The molecule has 6 heteroatoms. The first-order valence-corrected chi connectivity index (χ1v) is 6.78. The number of nitrogens with zero attached hydrogens (tertiary/aromatic N) is 2. The second-order valence-corrected chi connectivity index (χ2v) is 5.01. The van der Waals surface area contributed by atoms with Gasteiger partial charge in [-0.2, -0.15) is 13.2 Å². The molecule has 1 aromatic heterocycles. The van der Waals surface area contributed by atoms with Gasteiger partial charge in [-0.1, -0.05) is 13.0 Å². The summed E-state index contributed by atoms with van der Waals surface area (Å²) >= 11 is 0. The predicted octanol–water partition coefficient (Wildman–Crippen LogP) is 2.96. The summed E-state index contributed by atoms with van der Waals surface area (Å²) in [5, 5.41) is 3.15. The molecule has 0 fully saturated rings. The molecule has 3 nitrogen and oxygen atoms in total. The minimum absolute atomic E-state index is 0.184. The lowest BCUT2D eigenvalue weighted by molar-refractivity contribution is -0.151. The van der Waals surface area contributed by atoms with E-state index in [1.807, 2.05) is 19.1 Å². The fourth-order valence-corrected chi connectivity index (χ4v) is 1.83. The van der Waals surface area contributed by atoms with Crippen molar-refractivity contribution in [1.29, 1.82) is 0 Å². The molecule has 0 aliphatic rings. The van der Waals surface area contributed by atoms with Crippen molar-refractivity contribution in [3.05, 3.63) is 29.6 Å². The molecule has 0 amide bonds. The van der Waals surface area contributed by atoms with E-state index in [4.69, 9.17) is 0 Å². The molecule has 1 heterocycles. The number of hydrogen-bond acceptors (Lipinski definition) is 3. The Morgan fingerprint density at radius 2 is 1.90 bits per heavy atom. The molecule has 0 aliphatic heterocycles. The molecule has 0 saturated heterocycles. The maximum Gasteiger partial charge on any atom is 0.401 e. The summed E-state index contributed by atoms with van der Waals surface area (Å²) in [6, 6.07) is 5.29. The van der Waals surface area contributed by atoms with Gasteiger partial charge in [0.15, 0.2) is 0 Å². The smallest absolute Gasteiger partial charge is 0.311 e. The highest BCUT2D eigenvalue weighted by Crippen LogP contribution is 2.19. The second-order valence-electron chi connectivity index (χ2n) is 5.01. The zero-order chi connectivity index (χ0) is 15.2. The van der Waals surface area contributed by atoms with Gasteiger partial charge < -0.3 is 5.32 Å². The molecule has 0 aliphatic carbocycles. The minimum atomic E-state index is -4.19. The van der Waals surface area contributed by atoms with Crippen molar-refractivity contribution in [3.8, 4) is 0 Å². The first-order chi connectivity index (χ1) is 9.31. The van der Waals surface area contributed by atoms with E-state index in [1.165, 1.54) is 4.90 Å². The van der Waals surface area contributed by atoms with Gasteiger partial charge in [0.25, 0.3) is 0 Å². The molecular weight excluding hydrogens is 267 g/mol. The molecule has 0 bridgehead atoms. The van der Waals surface area contributed by atoms with E-state index < -0.39 is 12.7 Å². The van der Waals surface area contributed by atoms with Crippen LogP contribution in [-0.2, 0) is 13.1 Å². The summed E-state index contributed by atoms with van der Waals surface area (Å²) < 4.78 is 37.6. The van der Waals surface area contributed by atoms with Gasteiger partial charge in [-0.25, -0.2) is 0 Å². The number of aromatic nitrogens is 1. The van der Waals surface area contributed by atoms with E-state index in [0.717, 1.165) is 12.2 Å². The summed E-state index contributed by atoms with van der Waals surface area (Å²) in [6.07, 6.45) is -4.19. The van der Waals surface area contributed by atoms with Gasteiger partial charge in [0.2, 0.25) is 0 Å². The molecule has 20 heavy (non-hydrogen) atoms. The third-order valence-corrected chi connectivity index (χ3v) is 2.90. The number of rotatable bonds is 7. The zero-order valence-electron chi connectivity index (χ0n) is 12.2. The lowest BCUT2D eigenvalue weighted by atomic mass is 10.2. The molecule has 0 saturated carbocycles. The number of halogens is 3. The predicted molar refractivity (Wildman–Crippen MR) is 73.2 cm³/mol. The van der Waals surface area contributed by atoms with Crippen molar-refractivity contribution < 1.29 is 13.2 Å². The van der Waals surface area contributed by atoms with Crippen molar-refractivity contribution in [2.45, 2.75) is 46.1 Å². The Morgan fingerprint density at radius 3 is 2.45 bits per heavy atom. The van der Waals surface area contributed by atoms with Crippen LogP contribution >= 0.6 is 0 Å². The molecule has 0 unspecified atom stereocenters. The van der Waals surface area contributed by atoms with Crippen molar-refractivity contribution in [3.63, 3.8) is 0 Å². The van der Waals surface area contributed by atoms with E-state index in [1.54, 1.807) is 19.9 Å². The fraction of sp³-hybridized carbons (Fsp3) is 0.643. The summed E-state index contributed by atoms with van der Waals surface area (Å²) in [4.78, 5) is 5.77. The Labute approximate surface area is 118 Å². The molecule has 0 radical (unpaired) electrons. The Kier molecular flexibility index (Phi) is 6.42. The van der Waals surface area contributed by atoms with Gasteiger partial charge in [-0.15, -0.1) is 0 Å². The van der Waals surface area contributed by atoms with E-state index in [-0.39, 0.29) is 12.6 Å². The van der Waals surface area contributed by atoms with Crippen LogP contribution in [0.3, 0.4) is 0 Å². The van der Waals surface area contributed by atoms with Crippen LogP contribution < -0.4 is 5.32 Å². The van der Waals surface area contributed by atoms with Gasteiger partial charge in [0.05, 0.1) is 17.9 Å². The molecule has 114 valence electrons. The number of hydrogen-bond donors (Lipinski definition) is 1. The molecular formula is C14H22F3N3. The summed E-state index contributed by atoms with van der Waals surface area (Å²) in [5.74, 6) is 0. The lowest BCUT2D eigenvalue weighted by Gasteiger charge is -2.27. The van der Waals surface area contributed by atoms with E-state index in [0.29, 0.717) is 12.2 Å². The number of nitrogens with one attached hydrogen (secondary N) is 1. The number of pyridine rings is 1.